The van der Waals surface area contributed by atoms with E-state index >= 15 is 0 Å². The number of nitrogens with zero attached hydrogens (tertiary/aromatic N) is 5. The van der Waals surface area contributed by atoms with Crippen molar-refractivity contribution in [3.8, 4) is 0 Å². The first kappa shape index (κ1) is 16.0. The number of fused-ring (bicyclic) bond motifs is 1. The highest BCUT2D eigenvalue weighted by Gasteiger charge is 2.18. The lowest BCUT2D eigenvalue weighted by Crippen LogP contribution is -2.24. The van der Waals surface area contributed by atoms with E-state index < -0.39 is 0 Å². The van der Waals surface area contributed by atoms with Crippen molar-refractivity contribution in [1.82, 2.24) is 24.6 Å². The molecule has 0 unspecified atom stereocenters. The summed E-state index contributed by atoms with van der Waals surface area (Å²) in [6.45, 7) is 3.32. The minimum atomic E-state index is 0.740. The molecule has 0 saturated heterocycles. The molecule has 0 bridgehead atoms. The molecule has 6 nitrogen and oxygen atoms in total. The zero-order valence-electron chi connectivity index (χ0n) is 14.3. The van der Waals surface area contributed by atoms with Gasteiger partial charge in [-0.2, -0.15) is 0 Å². The molecular weight excluding hydrogens is 314 g/mol. The summed E-state index contributed by atoms with van der Waals surface area (Å²) in [6, 6.07) is 8.03. The van der Waals surface area contributed by atoms with E-state index in [9.17, 15) is 0 Å². The summed E-state index contributed by atoms with van der Waals surface area (Å²) in [4.78, 5) is 6.56. The van der Waals surface area contributed by atoms with Crippen molar-refractivity contribution in [2.24, 2.45) is 0 Å². The van der Waals surface area contributed by atoms with Gasteiger partial charge >= 0.3 is 0 Å². The third kappa shape index (κ3) is 3.96. The van der Waals surface area contributed by atoms with E-state index in [1.165, 1.54) is 24.8 Å². The third-order valence-corrected chi connectivity index (χ3v) is 4.64. The number of aromatic nitrogens is 4. The van der Waals surface area contributed by atoms with Gasteiger partial charge in [-0.3, -0.25) is 9.88 Å². The summed E-state index contributed by atoms with van der Waals surface area (Å²) in [5.74, 6) is 3.14. The van der Waals surface area contributed by atoms with Gasteiger partial charge in [0.15, 0.2) is 0 Å². The van der Waals surface area contributed by atoms with Gasteiger partial charge < -0.3 is 8.98 Å². The SMILES string of the molecule is c1cncc(CN(Cc2ccco2)Cc2nnc3n2CCCCC3)c1. The summed E-state index contributed by atoms with van der Waals surface area (Å²) in [5, 5.41) is 8.90. The zero-order valence-corrected chi connectivity index (χ0v) is 14.3. The highest BCUT2D eigenvalue weighted by molar-refractivity contribution is 5.09. The lowest BCUT2D eigenvalue weighted by atomic mass is 10.2. The molecule has 6 heteroatoms. The molecule has 4 rings (SSSR count). The standard InChI is InChI=1S/C19H23N5O/c1-2-8-18-21-22-19(24(18)10-3-1)15-23(14-17-7-5-11-25-17)13-16-6-4-9-20-12-16/h4-7,9,11-12H,1-3,8,10,13-15H2. The van der Waals surface area contributed by atoms with Crippen LogP contribution in [0, 0.1) is 0 Å². The van der Waals surface area contributed by atoms with E-state index in [1.807, 2.05) is 24.4 Å². The average molecular weight is 337 g/mol. The summed E-state index contributed by atoms with van der Waals surface area (Å²) >= 11 is 0. The number of aryl methyl sites for hydroxylation is 1. The topological polar surface area (TPSA) is 60.0 Å². The first-order valence-electron chi connectivity index (χ1n) is 8.93. The fraction of sp³-hybridized carbons (Fsp3) is 0.421. The molecule has 0 amide bonds. The second-order valence-corrected chi connectivity index (χ2v) is 6.58. The van der Waals surface area contributed by atoms with Crippen LogP contribution in [0.25, 0.3) is 0 Å². The second-order valence-electron chi connectivity index (χ2n) is 6.58. The highest BCUT2D eigenvalue weighted by Crippen LogP contribution is 2.18. The Kier molecular flexibility index (Phi) is 4.88. The molecular formula is C19H23N5O. The quantitative estimate of drug-likeness (QED) is 0.691. The summed E-state index contributed by atoms with van der Waals surface area (Å²) in [5.41, 5.74) is 1.18. The molecule has 0 fully saturated rings. The van der Waals surface area contributed by atoms with Crippen molar-refractivity contribution >= 4 is 0 Å². The van der Waals surface area contributed by atoms with Gasteiger partial charge in [-0.25, -0.2) is 0 Å². The van der Waals surface area contributed by atoms with Crippen LogP contribution in [-0.2, 0) is 32.6 Å². The van der Waals surface area contributed by atoms with Crippen molar-refractivity contribution in [3.63, 3.8) is 0 Å². The largest absolute Gasteiger partial charge is 0.468 e. The van der Waals surface area contributed by atoms with Crippen molar-refractivity contribution in [2.75, 3.05) is 0 Å². The van der Waals surface area contributed by atoms with E-state index in [4.69, 9.17) is 4.42 Å². The molecule has 25 heavy (non-hydrogen) atoms. The van der Waals surface area contributed by atoms with Gasteiger partial charge in [0.1, 0.15) is 17.4 Å². The van der Waals surface area contributed by atoms with Crippen molar-refractivity contribution in [1.29, 1.82) is 0 Å². The molecule has 0 radical (unpaired) electrons. The van der Waals surface area contributed by atoms with Gasteiger partial charge in [-0.1, -0.05) is 12.5 Å². The van der Waals surface area contributed by atoms with Crippen LogP contribution in [0.3, 0.4) is 0 Å². The van der Waals surface area contributed by atoms with Crippen LogP contribution in [-0.4, -0.2) is 24.6 Å². The molecule has 1 aliphatic rings. The smallest absolute Gasteiger partial charge is 0.147 e. The molecule has 0 N–H and O–H groups in total. The molecule has 1 aliphatic heterocycles. The Bertz CT molecular complexity index is 782. The van der Waals surface area contributed by atoms with Crippen LogP contribution >= 0.6 is 0 Å². The second kappa shape index (κ2) is 7.61. The lowest BCUT2D eigenvalue weighted by Gasteiger charge is -2.21. The van der Waals surface area contributed by atoms with E-state index in [0.717, 1.165) is 50.0 Å². The van der Waals surface area contributed by atoms with Crippen LogP contribution in [0.1, 0.15) is 42.2 Å². The molecule has 0 aromatic carbocycles. The van der Waals surface area contributed by atoms with Gasteiger partial charge in [-0.05, 0) is 36.6 Å². The van der Waals surface area contributed by atoms with Gasteiger partial charge in [0, 0.05) is 31.9 Å². The predicted octanol–water partition coefficient (Wildman–Crippen LogP) is 3.19. The molecule has 4 heterocycles. The Labute approximate surface area is 147 Å². The van der Waals surface area contributed by atoms with Crippen molar-refractivity contribution in [2.45, 2.75) is 51.9 Å². The van der Waals surface area contributed by atoms with Crippen LogP contribution in [0.4, 0.5) is 0 Å². The van der Waals surface area contributed by atoms with Gasteiger partial charge in [-0.15, -0.1) is 10.2 Å². The van der Waals surface area contributed by atoms with Crippen LogP contribution in [0.5, 0.6) is 0 Å². The maximum absolute atomic E-state index is 5.55. The molecule has 3 aromatic rings. The Morgan fingerprint density at radius 3 is 2.88 bits per heavy atom. The lowest BCUT2D eigenvalue weighted by molar-refractivity contribution is 0.217. The number of hydrogen-bond acceptors (Lipinski definition) is 5. The first-order valence-corrected chi connectivity index (χ1v) is 8.93. The Morgan fingerprint density at radius 1 is 1.04 bits per heavy atom. The number of pyridine rings is 1. The number of hydrogen-bond donors (Lipinski definition) is 0. The molecule has 0 saturated carbocycles. The van der Waals surface area contributed by atoms with Gasteiger partial charge in [0.05, 0.1) is 19.4 Å². The minimum Gasteiger partial charge on any atom is -0.468 e. The van der Waals surface area contributed by atoms with E-state index in [-0.39, 0.29) is 0 Å². The molecule has 3 aromatic heterocycles. The van der Waals surface area contributed by atoms with Gasteiger partial charge in [0.25, 0.3) is 0 Å². The zero-order chi connectivity index (χ0) is 16.9. The monoisotopic (exact) mass is 337 g/mol. The normalized spacial score (nSPS) is 14.4. The van der Waals surface area contributed by atoms with E-state index in [0.29, 0.717) is 0 Å². The van der Waals surface area contributed by atoms with Crippen LogP contribution in [0.2, 0.25) is 0 Å². The van der Waals surface area contributed by atoms with E-state index in [2.05, 4.69) is 30.7 Å². The fourth-order valence-electron chi connectivity index (χ4n) is 3.40. The Hall–Kier alpha value is -2.47. The molecule has 0 atom stereocenters. The molecule has 0 spiro atoms. The van der Waals surface area contributed by atoms with Crippen LogP contribution in [0.15, 0.2) is 47.3 Å². The Balaban J connectivity index is 1.54. The number of furan rings is 1. The summed E-state index contributed by atoms with van der Waals surface area (Å²) in [7, 11) is 0. The van der Waals surface area contributed by atoms with Gasteiger partial charge in [0.2, 0.25) is 0 Å². The van der Waals surface area contributed by atoms with Crippen molar-refractivity contribution in [3.05, 3.63) is 65.9 Å². The van der Waals surface area contributed by atoms with Crippen LogP contribution < -0.4 is 0 Å². The Morgan fingerprint density at radius 2 is 2.04 bits per heavy atom. The third-order valence-electron chi connectivity index (χ3n) is 4.64. The first-order chi connectivity index (χ1) is 12.4. The maximum atomic E-state index is 5.55. The molecule has 0 aliphatic carbocycles. The van der Waals surface area contributed by atoms with Crippen molar-refractivity contribution < 1.29 is 4.42 Å². The predicted molar refractivity (Wildman–Crippen MR) is 93.5 cm³/mol. The highest BCUT2D eigenvalue weighted by atomic mass is 16.3. The fourth-order valence-corrected chi connectivity index (χ4v) is 3.40. The number of rotatable bonds is 6. The van der Waals surface area contributed by atoms with E-state index in [1.54, 1.807) is 12.5 Å². The summed E-state index contributed by atoms with van der Waals surface area (Å²) in [6.07, 6.45) is 10.2. The molecule has 130 valence electrons. The maximum Gasteiger partial charge on any atom is 0.147 e. The minimum absolute atomic E-state index is 0.740. The average Bonchev–Trinajstić information content (AvgIpc) is 3.20. The summed E-state index contributed by atoms with van der Waals surface area (Å²) < 4.78 is 7.86.